The molecule has 0 saturated carbocycles. The summed E-state index contributed by atoms with van der Waals surface area (Å²) in [7, 11) is 4.17. The van der Waals surface area contributed by atoms with Gasteiger partial charge in [0.05, 0.1) is 12.7 Å². The number of hydrogen-bond donors (Lipinski definition) is 2. The summed E-state index contributed by atoms with van der Waals surface area (Å²) in [6, 6.07) is 0.426. The third-order valence-corrected chi connectivity index (χ3v) is 3.36. The Hall–Kier alpha value is -0.160. The number of likely N-dealkylation sites (N-methyl/N-ethyl adjacent to an activating group) is 1. The number of hydrogen-bond acceptors (Lipinski definition) is 4. The molecule has 0 aromatic carbocycles. The molecule has 0 heterocycles. The lowest BCUT2D eigenvalue weighted by Gasteiger charge is -2.25. The van der Waals surface area contributed by atoms with Crippen LogP contribution in [0.15, 0.2) is 0 Å². The highest BCUT2D eigenvalue weighted by Crippen LogP contribution is 2.06. The molecule has 0 aliphatic heterocycles. The number of nitrogens with zero attached hydrogens (tertiary/aromatic N) is 1. The lowest BCUT2D eigenvalue weighted by atomic mass is 10.0. The van der Waals surface area contributed by atoms with E-state index >= 15 is 0 Å². The fraction of sp³-hybridized carbons (Fsp3) is 1.00. The van der Waals surface area contributed by atoms with Crippen molar-refractivity contribution in [1.82, 2.24) is 10.2 Å². The molecule has 0 bridgehead atoms. The van der Waals surface area contributed by atoms with E-state index < -0.39 is 6.10 Å². The molecule has 21 heavy (non-hydrogen) atoms. The second kappa shape index (κ2) is 12.4. The Morgan fingerprint density at radius 3 is 2.29 bits per heavy atom. The van der Waals surface area contributed by atoms with Crippen molar-refractivity contribution in [3.8, 4) is 0 Å². The number of aliphatic hydroxyl groups is 1. The fourth-order valence-corrected chi connectivity index (χ4v) is 2.41. The average molecular weight is 303 g/mol. The van der Waals surface area contributed by atoms with Gasteiger partial charge in [-0.1, -0.05) is 27.7 Å². The molecular weight excluding hydrogens is 264 g/mol. The van der Waals surface area contributed by atoms with Gasteiger partial charge in [0.15, 0.2) is 0 Å². The molecule has 0 amide bonds. The van der Waals surface area contributed by atoms with Crippen molar-refractivity contribution < 1.29 is 9.84 Å². The average Bonchev–Trinajstić information content (AvgIpc) is 2.33. The van der Waals surface area contributed by atoms with Gasteiger partial charge in [-0.15, -0.1) is 0 Å². The third-order valence-electron chi connectivity index (χ3n) is 3.36. The van der Waals surface area contributed by atoms with Crippen LogP contribution in [0.3, 0.4) is 0 Å². The summed E-state index contributed by atoms with van der Waals surface area (Å²) < 4.78 is 5.54. The fourth-order valence-electron chi connectivity index (χ4n) is 2.41. The lowest BCUT2D eigenvalue weighted by molar-refractivity contribution is 0.0327. The summed E-state index contributed by atoms with van der Waals surface area (Å²) in [6.45, 7) is 11.7. The van der Waals surface area contributed by atoms with Crippen LogP contribution < -0.4 is 5.32 Å². The molecule has 4 nitrogen and oxygen atoms in total. The van der Waals surface area contributed by atoms with Gasteiger partial charge in [-0.05, 0) is 45.2 Å². The van der Waals surface area contributed by atoms with Gasteiger partial charge in [0.1, 0.15) is 0 Å². The highest BCUT2D eigenvalue weighted by atomic mass is 16.5. The summed E-state index contributed by atoms with van der Waals surface area (Å²) in [4.78, 5) is 2.19. The van der Waals surface area contributed by atoms with Gasteiger partial charge in [0.2, 0.25) is 0 Å². The van der Waals surface area contributed by atoms with Crippen LogP contribution in [-0.2, 0) is 4.74 Å². The molecule has 0 spiro atoms. The van der Waals surface area contributed by atoms with Crippen LogP contribution in [0.1, 0.15) is 47.0 Å². The Kier molecular flexibility index (Phi) is 12.3. The van der Waals surface area contributed by atoms with Gasteiger partial charge in [-0.3, -0.25) is 0 Å². The van der Waals surface area contributed by atoms with Crippen LogP contribution in [0.5, 0.6) is 0 Å². The molecule has 4 heteroatoms. The molecule has 2 N–H and O–H groups in total. The van der Waals surface area contributed by atoms with Gasteiger partial charge in [-0.2, -0.15) is 0 Å². The number of nitrogens with one attached hydrogen (secondary N) is 1. The predicted molar refractivity (Wildman–Crippen MR) is 90.7 cm³/mol. The summed E-state index contributed by atoms with van der Waals surface area (Å²) >= 11 is 0. The Morgan fingerprint density at radius 1 is 1.10 bits per heavy atom. The van der Waals surface area contributed by atoms with E-state index in [2.05, 4.69) is 52.0 Å². The second-order valence-electron chi connectivity index (χ2n) is 7.26. The van der Waals surface area contributed by atoms with Crippen molar-refractivity contribution in [3.63, 3.8) is 0 Å². The van der Waals surface area contributed by atoms with Gasteiger partial charge in [0, 0.05) is 25.7 Å². The Balaban J connectivity index is 3.77. The molecule has 0 aromatic heterocycles. The van der Waals surface area contributed by atoms with Crippen LogP contribution >= 0.6 is 0 Å². The Bertz CT molecular complexity index is 223. The van der Waals surface area contributed by atoms with E-state index in [1.807, 2.05) is 0 Å². The highest BCUT2D eigenvalue weighted by Gasteiger charge is 2.13. The van der Waals surface area contributed by atoms with Gasteiger partial charge < -0.3 is 20.1 Å². The first-order valence-electron chi connectivity index (χ1n) is 8.45. The van der Waals surface area contributed by atoms with Crippen LogP contribution in [0.2, 0.25) is 0 Å². The second-order valence-corrected chi connectivity index (χ2v) is 7.26. The Labute approximate surface area is 132 Å². The summed E-state index contributed by atoms with van der Waals surface area (Å²) in [6.07, 6.45) is 2.98. The van der Waals surface area contributed by atoms with Gasteiger partial charge in [-0.25, -0.2) is 0 Å². The molecule has 2 unspecified atom stereocenters. The first kappa shape index (κ1) is 20.8. The van der Waals surface area contributed by atoms with E-state index in [0.29, 0.717) is 25.1 Å². The SMILES string of the molecule is CC(C)CCCOCC(O)CNC(CC(C)C)CN(C)C. The summed E-state index contributed by atoms with van der Waals surface area (Å²) in [5.41, 5.74) is 0. The summed E-state index contributed by atoms with van der Waals surface area (Å²) in [5.74, 6) is 1.38. The Morgan fingerprint density at radius 2 is 1.76 bits per heavy atom. The van der Waals surface area contributed by atoms with E-state index in [-0.39, 0.29) is 0 Å². The van der Waals surface area contributed by atoms with Crippen LogP contribution in [0, 0.1) is 11.8 Å². The first-order chi connectivity index (χ1) is 9.81. The molecule has 0 aliphatic carbocycles. The largest absolute Gasteiger partial charge is 0.389 e. The van der Waals surface area contributed by atoms with E-state index in [9.17, 15) is 5.11 Å². The summed E-state index contributed by atoms with van der Waals surface area (Å²) in [5, 5.41) is 13.4. The molecule has 0 radical (unpaired) electrons. The minimum atomic E-state index is -0.416. The molecule has 0 fully saturated rings. The van der Waals surface area contributed by atoms with E-state index in [0.717, 1.165) is 31.9 Å². The minimum Gasteiger partial charge on any atom is -0.389 e. The number of ether oxygens (including phenoxy) is 1. The number of rotatable bonds is 13. The zero-order valence-corrected chi connectivity index (χ0v) is 15.1. The highest BCUT2D eigenvalue weighted by molar-refractivity contribution is 4.73. The normalized spacial score (nSPS) is 15.1. The maximum atomic E-state index is 9.97. The van der Waals surface area contributed by atoms with Crippen LogP contribution in [-0.4, -0.2) is 62.6 Å². The maximum Gasteiger partial charge on any atom is 0.0897 e. The van der Waals surface area contributed by atoms with Crippen molar-refractivity contribution in [2.24, 2.45) is 11.8 Å². The third kappa shape index (κ3) is 14.5. The standard InChI is InChI=1S/C17H38N2O2/c1-14(2)8-7-9-21-13-17(20)11-18-16(10-15(3)4)12-19(5)6/h14-18,20H,7-13H2,1-6H3. The van der Waals surface area contributed by atoms with Crippen molar-refractivity contribution in [2.45, 2.75) is 59.1 Å². The molecule has 2 atom stereocenters. The molecule has 0 saturated heterocycles. The van der Waals surface area contributed by atoms with Crippen molar-refractivity contribution in [2.75, 3.05) is 40.4 Å². The van der Waals surface area contributed by atoms with Gasteiger partial charge in [0.25, 0.3) is 0 Å². The van der Waals surface area contributed by atoms with Gasteiger partial charge >= 0.3 is 0 Å². The molecule has 0 aromatic rings. The van der Waals surface area contributed by atoms with Crippen LogP contribution in [0.4, 0.5) is 0 Å². The zero-order chi connectivity index (χ0) is 16.3. The smallest absolute Gasteiger partial charge is 0.0897 e. The quantitative estimate of drug-likeness (QED) is 0.513. The molecule has 128 valence electrons. The van der Waals surface area contributed by atoms with Crippen LogP contribution in [0.25, 0.3) is 0 Å². The monoisotopic (exact) mass is 302 g/mol. The zero-order valence-electron chi connectivity index (χ0n) is 15.1. The van der Waals surface area contributed by atoms with E-state index in [1.165, 1.54) is 6.42 Å². The molecule has 0 rings (SSSR count). The minimum absolute atomic E-state index is 0.416. The van der Waals surface area contributed by atoms with Crippen molar-refractivity contribution in [3.05, 3.63) is 0 Å². The molecule has 0 aliphatic rings. The predicted octanol–water partition coefficient (Wildman–Crippen LogP) is 2.37. The maximum absolute atomic E-state index is 9.97. The first-order valence-corrected chi connectivity index (χ1v) is 8.45. The van der Waals surface area contributed by atoms with E-state index in [1.54, 1.807) is 0 Å². The molecular formula is C17H38N2O2. The van der Waals surface area contributed by atoms with E-state index in [4.69, 9.17) is 4.74 Å². The lowest BCUT2D eigenvalue weighted by Crippen LogP contribution is -2.43. The number of aliphatic hydroxyl groups excluding tert-OH is 1. The van der Waals surface area contributed by atoms with Crippen molar-refractivity contribution >= 4 is 0 Å². The topological polar surface area (TPSA) is 44.7 Å². The van der Waals surface area contributed by atoms with Crippen molar-refractivity contribution in [1.29, 1.82) is 0 Å².